The monoisotopic (exact) mass is 267 g/mol. The molecule has 0 aliphatic heterocycles. The van der Waals surface area contributed by atoms with Gasteiger partial charge in [-0.25, -0.2) is 4.98 Å². The molecule has 0 radical (unpaired) electrons. The lowest BCUT2D eigenvalue weighted by Crippen LogP contribution is -2.01. The zero-order valence-corrected chi connectivity index (χ0v) is 10.6. The van der Waals surface area contributed by atoms with Gasteiger partial charge in [0.05, 0.1) is 10.9 Å². The van der Waals surface area contributed by atoms with Crippen molar-refractivity contribution in [3.05, 3.63) is 42.5 Å². The van der Waals surface area contributed by atoms with E-state index in [2.05, 4.69) is 9.97 Å². The van der Waals surface area contributed by atoms with E-state index >= 15 is 0 Å². The van der Waals surface area contributed by atoms with E-state index in [0.29, 0.717) is 33.9 Å². The molecule has 3 aromatic rings. The van der Waals surface area contributed by atoms with Crippen molar-refractivity contribution < 1.29 is 4.74 Å². The molecular formula is C14H13N5O. The number of nitrogen functional groups attached to an aromatic ring is 3. The Labute approximate surface area is 115 Å². The van der Waals surface area contributed by atoms with Crippen LogP contribution in [0.5, 0.6) is 11.5 Å². The molecule has 0 spiro atoms. The Morgan fingerprint density at radius 1 is 0.850 bits per heavy atom. The Morgan fingerprint density at radius 3 is 2.35 bits per heavy atom. The molecule has 0 aliphatic carbocycles. The average molecular weight is 267 g/mol. The summed E-state index contributed by atoms with van der Waals surface area (Å²) in [6.45, 7) is 0. The fourth-order valence-electron chi connectivity index (χ4n) is 1.95. The third-order valence-electron chi connectivity index (χ3n) is 2.84. The molecule has 0 atom stereocenters. The largest absolute Gasteiger partial charge is 0.457 e. The molecule has 3 rings (SSSR count). The van der Waals surface area contributed by atoms with E-state index in [0.717, 1.165) is 0 Å². The summed E-state index contributed by atoms with van der Waals surface area (Å²) in [6, 6.07) is 12.5. The van der Waals surface area contributed by atoms with Gasteiger partial charge in [0.25, 0.3) is 0 Å². The van der Waals surface area contributed by atoms with Crippen molar-refractivity contribution in [1.82, 2.24) is 9.97 Å². The minimum atomic E-state index is 0.139. The highest BCUT2D eigenvalue weighted by atomic mass is 16.5. The van der Waals surface area contributed by atoms with Gasteiger partial charge in [0, 0.05) is 5.69 Å². The third-order valence-corrected chi connectivity index (χ3v) is 2.84. The van der Waals surface area contributed by atoms with E-state index in [-0.39, 0.29) is 5.95 Å². The lowest BCUT2D eigenvalue weighted by Gasteiger charge is -2.10. The first kappa shape index (κ1) is 12.0. The molecule has 2 aromatic carbocycles. The van der Waals surface area contributed by atoms with Crippen LogP contribution < -0.4 is 21.9 Å². The summed E-state index contributed by atoms with van der Waals surface area (Å²) < 4.78 is 5.81. The minimum absolute atomic E-state index is 0.139. The number of benzene rings is 2. The Bertz CT molecular complexity index is 770. The lowest BCUT2D eigenvalue weighted by molar-refractivity contribution is 0.488. The summed E-state index contributed by atoms with van der Waals surface area (Å²) in [4.78, 5) is 8.10. The maximum absolute atomic E-state index is 5.90. The summed E-state index contributed by atoms with van der Waals surface area (Å²) in [7, 11) is 0. The van der Waals surface area contributed by atoms with Gasteiger partial charge in [-0.05, 0) is 36.4 Å². The predicted octanol–water partition coefficient (Wildman–Crippen LogP) is 2.17. The quantitative estimate of drug-likeness (QED) is 0.613. The van der Waals surface area contributed by atoms with Gasteiger partial charge in [0.2, 0.25) is 5.95 Å². The SMILES string of the molecule is Nc1ccc(Oc2cccc3nc(N)nc(N)c23)cc1. The number of anilines is 3. The van der Waals surface area contributed by atoms with Gasteiger partial charge < -0.3 is 21.9 Å². The van der Waals surface area contributed by atoms with Crippen LogP contribution in [-0.4, -0.2) is 9.97 Å². The number of nitrogens with two attached hydrogens (primary N) is 3. The van der Waals surface area contributed by atoms with E-state index in [1.54, 1.807) is 36.4 Å². The van der Waals surface area contributed by atoms with E-state index in [9.17, 15) is 0 Å². The maximum atomic E-state index is 5.90. The molecule has 0 bridgehead atoms. The Kier molecular flexibility index (Phi) is 2.76. The molecule has 0 saturated heterocycles. The standard InChI is InChI=1S/C14H13N5O/c15-8-4-6-9(7-5-8)20-11-3-1-2-10-12(11)13(16)19-14(17)18-10/h1-7H,15H2,(H4,16,17,18,19). The Hall–Kier alpha value is -3.02. The van der Waals surface area contributed by atoms with Crippen LogP contribution in [0, 0.1) is 0 Å². The molecule has 6 N–H and O–H groups in total. The number of aromatic nitrogens is 2. The van der Waals surface area contributed by atoms with Crippen LogP contribution in [0.4, 0.5) is 17.5 Å². The third kappa shape index (κ3) is 2.14. The highest BCUT2D eigenvalue weighted by molar-refractivity contribution is 5.94. The zero-order valence-electron chi connectivity index (χ0n) is 10.6. The molecule has 0 saturated carbocycles. The highest BCUT2D eigenvalue weighted by Gasteiger charge is 2.10. The molecule has 0 fully saturated rings. The van der Waals surface area contributed by atoms with Gasteiger partial charge in [0.15, 0.2) is 0 Å². The molecule has 6 nitrogen and oxygen atoms in total. The second kappa shape index (κ2) is 4.58. The number of hydrogen-bond acceptors (Lipinski definition) is 6. The number of fused-ring (bicyclic) bond motifs is 1. The summed E-state index contributed by atoms with van der Waals surface area (Å²) in [5.74, 6) is 1.66. The van der Waals surface area contributed by atoms with Crippen LogP contribution in [0.25, 0.3) is 10.9 Å². The predicted molar refractivity (Wildman–Crippen MR) is 79.3 cm³/mol. The van der Waals surface area contributed by atoms with Crippen LogP contribution in [-0.2, 0) is 0 Å². The van der Waals surface area contributed by atoms with E-state index in [4.69, 9.17) is 21.9 Å². The molecule has 0 aliphatic rings. The fraction of sp³-hybridized carbons (Fsp3) is 0. The minimum Gasteiger partial charge on any atom is -0.457 e. The molecule has 100 valence electrons. The first-order chi connectivity index (χ1) is 9.63. The summed E-state index contributed by atoms with van der Waals surface area (Å²) in [6.07, 6.45) is 0. The van der Waals surface area contributed by atoms with Crippen molar-refractivity contribution in [3.63, 3.8) is 0 Å². The average Bonchev–Trinajstić information content (AvgIpc) is 2.41. The van der Waals surface area contributed by atoms with Crippen molar-refractivity contribution in [1.29, 1.82) is 0 Å². The van der Waals surface area contributed by atoms with Crippen molar-refractivity contribution in [2.45, 2.75) is 0 Å². The van der Waals surface area contributed by atoms with E-state index in [1.165, 1.54) is 0 Å². The second-order valence-electron chi connectivity index (χ2n) is 4.29. The van der Waals surface area contributed by atoms with Gasteiger partial charge in [-0.15, -0.1) is 0 Å². The van der Waals surface area contributed by atoms with Crippen LogP contribution in [0.1, 0.15) is 0 Å². The van der Waals surface area contributed by atoms with Crippen molar-refractivity contribution in [2.75, 3.05) is 17.2 Å². The maximum Gasteiger partial charge on any atom is 0.222 e. The van der Waals surface area contributed by atoms with E-state index in [1.807, 2.05) is 6.07 Å². The van der Waals surface area contributed by atoms with Crippen LogP contribution in [0.3, 0.4) is 0 Å². The number of hydrogen-bond donors (Lipinski definition) is 3. The summed E-state index contributed by atoms with van der Waals surface area (Å²) >= 11 is 0. The summed E-state index contributed by atoms with van der Waals surface area (Å²) in [5, 5.41) is 0.638. The van der Waals surface area contributed by atoms with Crippen molar-refractivity contribution in [2.24, 2.45) is 0 Å². The highest BCUT2D eigenvalue weighted by Crippen LogP contribution is 2.32. The van der Waals surface area contributed by atoms with Gasteiger partial charge in [-0.1, -0.05) is 6.07 Å². The number of rotatable bonds is 2. The lowest BCUT2D eigenvalue weighted by atomic mass is 10.2. The Balaban J connectivity index is 2.09. The Morgan fingerprint density at radius 2 is 1.60 bits per heavy atom. The van der Waals surface area contributed by atoms with Gasteiger partial charge >= 0.3 is 0 Å². The number of nitrogens with zero attached hydrogens (tertiary/aromatic N) is 2. The number of ether oxygens (including phenoxy) is 1. The van der Waals surface area contributed by atoms with E-state index < -0.39 is 0 Å². The van der Waals surface area contributed by atoms with Crippen LogP contribution in [0.2, 0.25) is 0 Å². The summed E-state index contributed by atoms with van der Waals surface area (Å²) in [5.41, 5.74) is 18.4. The molecule has 0 unspecified atom stereocenters. The molecule has 0 amide bonds. The first-order valence-corrected chi connectivity index (χ1v) is 5.98. The van der Waals surface area contributed by atoms with Crippen LogP contribution >= 0.6 is 0 Å². The normalized spacial score (nSPS) is 10.6. The molecule has 1 heterocycles. The molecular weight excluding hydrogens is 254 g/mol. The van der Waals surface area contributed by atoms with Gasteiger partial charge in [-0.3, -0.25) is 0 Å². The van der Waals surface area contributed by atoms with Gasteiger partial charge in [0.1, 0.15) is 17.3 Å². The smallest absolute Gasteiger partial charge is 0.222 e. The molecule has 20 heavy (non-hydrogen) atoms. The van der Waals surface area contributed by atoms with Crippen LogP contribution in [0.15, 0.2) is 42.5 Å². The first-order valence-electron chi connectivity index (χ1n) is 5.98. The fourth-order valence-corrected chi connectivity index (χ4v) is 1.95. The van der Waals surface area contributed by atoms with Crippen molar-refractivity contribution in [3.8, 4) is 11.5 Å². The molecule has 6 heteroatoms. The van der Waals surface area contributed by atoms with Crippen molar-refractivity contribution >= 4 is 28.4 Å². The van der Waals surface area contributed by atoms with Gasteiger partial charge in [-0.2, -0.15) is 4.98 Å². The second-order valence-corrected chi connectivity index (χ2v) is 4.29. The topological polar surface area (TPSA) is 113 Å². The molecule has 1 aromatic heterocycles. The zero-order chi connectivity index (χ0) is 14.1.